The molecule has 4 rings (SSSR count). The van der Waals surface area contributed by atoms with Crippen LogP contribution in [0.3, 0.4) is 0 Å². The number of piperazine rings is 1. The van der Waals surface area contributed by atoms with E-state index in [9.17, 15) is 4.79 Å². The highest BCUT2D eigenvalue weighted by Crippen LogP contribution is 2.27. The van der Waals surface area contributed by atoms with Gasteiger partial charge in [0.2, 0.25) is 0 Å². The first-order chi connectivity index (χ1) is 13.6. The first kappa shape index (κ1) is 19.1. The van der Waals surface area contributed by atoms with Crippen molar-refractivity contribution in [2.45, 2.75) is 32.4 Å². The lowest BCUT2D eigenvalue weighted by atomic mass is 10.1. The van der Waals surface area contributed by atoms with E-state index in [2.05, 4.69) is 24.1 Å². The third-order valence-corrected chi connectivity index (χ3v) is 5.66. The molecule has 28 heavy (non-hydrogen) atoms. The zero-order chi connectivity index (χ0) is 19.7. The summed E-state index contributed by atoms with van der Waals surface area (Å²) in [5.41, 5.74) is 1.50. The molecular weight excluding hydrogens is 372 g/mol. The summed E-state index contributed by atoms with van der Waals surface area (Å²) in [5, 5.41) is 4.77. The molecule has 3 aromatic rings. The second-order valence-electron chi connectivity index (χ2n) is 7.38. The number of aromatic nitrogens is 2. The summed E-state index contributed by atoms with van der Waals surface area (Å²) in [6.45, 7) is 7.16. The summed E-state index contributed by atoms with van der Waals surface area (Å²) < 4.78 is 1.76. The zero-order valence-electron chi connectivity index (χ0n) is 16.2. The second-order valence-corrected chi connectivity index (χ2v) is 7.81. The Bertz CT molecular complexity index is 1030. The minimum Gasteiger partial charge on any atom is -0.312 e. The van der Waals surface area contributed by atoms with Gasteiger partial charge in [-0.1, -0.05) is 30.7 Å². The highest BCUT2D eigenvalue weighted by Gasteiger charge is 2.28. The maximum absolute atomic E-state index is 13.5. The van der Waals surface area contributed by atoms with Crippen molar-refractivity contribution >= 4 is 22.5 Å². The molecule has 2 unspecified atom stereocenters. The predicted molar refractivity (Wildman–Crippen MR) is 114 cm³/mol. The Morgan fingerprint density at radius 1 is 1.21 bits per heavy atom. The molecule has 5 nitrogen and oxygen atoms in total. The molecular formula is C22H25ClN4O. The van der Waals surface area contributed by atoms with Crippen LogP contribution in [-0.4, -0.2) is 40.1 Å². The Hall–Kier alpha value is -2.21. The van der Waals surface area contributed by atoms with Gasteiger partial charge in [0.1, 0.15) is 5.82 Å². The van der Waals surface area contributed by atoms with E-state index >= 15 is 0 Å². The van der Waals surface area contributed by atoms with Crippen LogP contribution >= 0.6 is 11.6 Å². The predicted octanol–water partition coefficient (Wildman–Crippen LogP) is 3.78. The van der Waals surface area contributed by atoms with Crippen molar-refractivity contribution in [2.24, 2.45) is 0 Å². The van der Waals surface area contributed by atoms with Crippen LogP contribution in [0.2, 0.25) is 5.02 Å². The van der Waals surface area contributed by atoms with Crippen LogP contribution < -0.4 is 10.9 Å². The number of nitrogens with one attached hydrogen (secondary N) is 1. The van der Waals surface area contributed by atoms with Gasteiger partial charge in [-0.15, -0.1) is 0 Å². The van der Waals surface area contributed by atoms with Crippen molar-refractivity contribution < 1.29 is 0 Å². The Labute approximate surface area is 170 Å². The van der Waals surface area contributed by atoms with E-state index in [0.29, 0.717) is 16.5 Å². The number of benzene rings is 2. The molecule has 0 aliphatic carbocycles. The molecule has 2 aromatic carbocycles. The lowest BCUT2D eigenvalue weighted by Gasteiger charge is -2.37. The van der Waals surface area contributed by atoms with E-state index in [1.54, 1.807) is 4.57 Å². The zero-order valence-corrected chi connectivity index (χ0v) is 17.0. The number of hydrogen-bond acceptors (Lipinski definition) is 4. The molecule has 0 radical (unpaired) electrons. The Kier molecular flexibility index (Phi) is 5.49. The average Bonchev–Trinajstić information content (AvgIpc) is 2.70. The first-order valence-electron chi connectivity index (χ1n) is 9.83. The molecule has 0 bridgehead atoms. The minimum atomic E-state index is -0.0374. The Morgan fingerprint density at radius 2 is 1.96 bits per heavy atom. The summed E-state index contributed by atoms with van der Waals surface area (Å²) in [6, 6.07) is 15.5. The first-order valence-corrected chi connectivity index (χ1v) is 10.2. The summed E-state index contributed by atoms with van der Waals surface area (Å²) in [6.07, 6.45) is 0.880. The van der Waals surface area contributed by atoms with Crippen LogP contribution in [0, 0.1) is 0 Å². The van der Waals surface area contributed by atoms with Crippen LogP contribution in [0.15, 0.2) is 53.3 Å². The second kappa shape index (κ2) is 8.03. The van der Waals surface area contributed by atoms with E-state index in [0.717, 1.165) is 43.1 Å². The van der Waals surface area contributed by atoms with Crippen molar-refractivity contribution in [2.75, 3.05) is 19.6 Å². The number of para-hydroxylation sites is 1. The largest absolute Gasteiger partial charge is 0.312 e. The number of fused-ring (bicyclic) bond motifs is 1. The number of rotatable bonds is 4. The molecule has 2 heterocycles. The van der Waals surface area contributed by atoms with E-state index in [1.807, 2.05) is 48.5 Å². The minimum absolute atomic E-state index is 0.0374. The monoisotopic (exact) mass is 396 g/mol. The van der Waals surface area contributed by atoms with Crippen molar-refractivity contribution in [3.8, 4) is 5.69 Å². The van der Waals surface area contributed by atoms with E-state index in [-0.39, 0.29) is 11.6 Å². The SMILES string of the molecule is CCC(c1nc2ccccc2c(=O)n1-c1ccc(Cl)cc1)N1CCNC(C)C1. The van der Waals surface area contributed by atoms with Crippen LogP contribution in [0.5, 0.6) is 0 Å². The van der Waals surface area contributed by atoms with Crippen LogP contribution in [0.4, 0.5) is 0 Å². The van der Waals surface area contributed by atoms with Crippen molar-refractivity contribution in [1.29, 1.82) is 0 Å². The third kappa shape index (κ3) is 3.58. The molecule has 146 valence electrons. The van der Waals surface area contributed by atoms with E-state index in [4.69, 9.17) is 16.6 Å². The highest BCUT2D eigenvalue weighted by atomic mass is 35.5. The standard InChI is InChI=1S/C22H25ClN4O/c1-3-20(26-13-12-24-15(2)14-26)21-25-19-7-5-4-6-18(19)22(28)27(21)17-10-8-16(23)9-11-17/h4-11,15,20,24H,3,12-14H2,1-2H3. The molecule has 0 amide bonds. The molecule has 1 aliphatic rings. The average molecular weight is 397 g/mol. The molecule has 1 fully saturated rings. The van der Waals surface area contributed by atoms with Gasteiger partial charge in [0.15, 0.2) is 0 Å². The van der Waals surface area contributed by atoms with Crippen LogP contribution in [0.1, 0.15) is 32.1 Å². The number of hydrogen-bond donors (Lipinski definition) is 1. The van der Waals surface area contributed by atoms with Gasteiger partial charge in [0.05, 0.1) is 22.6 Å². The fourth-order valence-electron chi connectivity index (χ4n) is 4.06. The number of nitrogens with zero attached hydrogens (tertiary/aromatic N) is 3. The van der Waals surface area contributed by atoms with Crippen LogP contribution in [-0.2, 0) is 0 Å². The molecule has 1 saturated heterocycles. The molecule has 6 heteroatoms. The summed E-state index contributed by atoms with van der Waals surface area (Å²) in [4.78, 5) is 20.9. The van der Waals surface area contributed by atoms with Gasteiger partial charge >= 0.3 is 0 Å². The Balaban J connectivity index is 1.93. The normalized spacial score (nSPS) is 19.0. The molecule has 1 aliphatic heterocycles. The molecule has 0 saturated carbocycles. The lowest BCUT2D eigenvalue weighted by Crippen LogP contribution is -2.51. The van der Waals surface area contributed by atoms with Gasteiger partial charge in [0, 0.05) is 30.7 Å². The molecule has 2 atom stereocenters. The van der Waals surface area contributed by atoms with E-state index in [1.165, 1.54) is 0 Å². The lowest BCUT2D eigenvalue weighted by molar-refractivity contribution is 0.137. The van der Waals surface area contributed by atoms with Crippen molar-refractivity contribution in [3.05, 3.63) is 69.7 Å². The van der Waals surface area contributed by atoms with Gasteiger partial charge < -0.3 is 5.32 Å². The summed E-state index contributed by atoms with van der Waals surface area (Å²) in [5.74, 6) is 0.794. The summed E-state index contributed by atoms with van der Waals surface area (Å²) >= 11 is 6.08. The van der Waals surface area contributed by atoms with Crippen LogP contribution in [0.25, 0.3) is 16.6 Å². The topological polar surface area (TPSA) is 50.2 Å². The van der Waals surface area contributed by atoms with Gasteiger partial charge in [-0.25, -0.2) is 4.98 Å². The Morgan fingerprint density at radius 3 is 2.68 bits per heavy atom. The highest BCUT2D eigenvalue weighted by molar-refractivity contribution is 6.30. The maximum Gasteiger partial charge on any atom is 0.266 e. The number of halogens is 1. The molecule has 0 spiro atoms. The third-order valence-electron chi connectivity index (χ3n) is 5.41. The maximum atomic E-state index is 13.5. The summed E-state index contributed by atoms with van der Waals surface area (Å²) in [7, 11) is 0. The molecule has 1 N–H and O–H groups in total. The van der Waals surface area contributed by atoms with E-state index < -0.39 is 0 Å². The van der Waals surface area contributed by atoms with Gasteiger partial charge in [-0.05, 0) is 49.7 Å². The smallest absolute Gasteiger partial charge is 0.266 e. The van der Waals surface area contributed by atoms with Crippen molar-refractivity contribution in [3.63, 3.8) is 0 Å². The fraction of sp³-hybridized carbons (Fsp3) is 0.364. The van der Waals surface area contributed by atoms with Gasteiger partial charge in [0.25, 0.3) is 5.56 Å². The van der Waals surface area contributed by atoms with Gasteiger partial charge in [-0.3, -0.25) is 14.3 Å². The quantitative estimate of drug-likeness (QED) is 0.729. The van der Waals surface area contributed by atoms with Gasteiger partial charge in [-0.2, -0.15) is 0 Å². The molecule has 1 aromatic heterocycles. The van der Waals surface area contributed by atoms with Crippen molar-refractivity contribution in [1.82, 2.24) is 19.8 Å². The fourth-order valence-corrected chi connectivity index (χ4v) is 4.19.